The van der Waals surface area contributed by atoms with Crippen LogP contribution >= 0.6 is 22.9 Å². The lowest BCUT2D eigenvalue weighted by Gasteiger charge is -2.32. The molecule has 34 heavy (non-hydrogen) atoms. The molecule has 0 radical (unpaired) electrons. The Morgan fingerprint density at radius 1 is 1.26 bits per heavy atom. The van der Waals surface area contributed by atoms with E-state index in [1.54, 1.807) is 35.0 Å². The second-order valence-electron chi connectivity index (χ2n) is 8.07. The number of nitrogens with one attached hydrogen (secondary N) is 1. The molecule has 4 heterocycles. The van der Waals surface area contributed by atoms with E-state index in [9.17, 15) is 9.59 Å². The molecule has 3 atom stereocenters. The molecule has 178 valence electrons. The number of hydrogen-bond donors (Lipinski definition) is 1. The van der Waals surface area contributed by atoms with Crippen LogP contribution in [0.2, 0.25) is 4.34 Å². The molecular weight excluding hydrogens is 478 g/mol. The van der Waals surface area contributed by atoms with Gasteiger partial charge in [0, 0.05) is 25.0 Å². The van der Waals surface area contributed by atoms with Crippen molar-refractivity contribution in [1.29, 1.82) is 0 Å². The molecule has 2 aromatic heterocycles. The highest BCUT2D eigenvalue weighted by Gasteiger charge is 2.51. The molecule has 0 saturated carbocycles. The molecule has 8 nitrogen and oxygen atoms in total. The fraction of sp³-hybridized carbons (Fsp3) is 0.333. The smallest absolute Gasteiger partial charge is 0.297 e. The van der Waals surface area contributed by atoms with E-state index in [2.05, 4.69) is 10.2 Å². The van der Waals surface area contributed by atoms with Crippen molar-refractivity contribution in [2.75, 3.05) is 24.6 Å². The van der Waals surface area contributed by atoms with Gasteiger partial charge >= 0.3 is 0 Å². The van der Waals surface area contributed by atoms with Gasteiger partial charge in [-0.05, 0) is 61.9 Å². The minimum atomic E-state index is -0.322. The van der Waals surface area contributed by atoms with Crippen molar-refractivity contribution in [2.45, 2.75) is 32.5 Å². The van der Waals surface area contributed by atoms with Gasteiger partial charge in [0.15, 0.2) is 12.0 Å². The summed E-state index contributed by atoms with van der Waals surface area (Å²) in [6.45, 7) is 5.16. The minimum absolute atomic E-state index is 0.155. The average Bonchev–Trinajstić information content (AvgIpc) is 3.48. The Hall–Kier alpha value is -2.85. The number of carbonyl (C=O) groups excluding carboxylic acids is 1. The molecular formula is C24H24ClN3O5S. The number of benzene rings is 1. The predicted molar refractivity (Wildman–Crippen MR) is 130 cm³/mol. The first-order valence-corrected chi connectivity index (χ1v) is 12.2. The molecule has 2 fully saturated rings. The van der Waals surface area contributed by atoms with E-state index in [4.69, 9.17) is 25.8 Å². The van der Waals surface area contributed by atoms with Gasteiger partial charge in [0.25, 0.3) is 11.5 Å². The van der Waals surface area contributed by atoms with E-state index in [0.717, 1.165) is 16.9 Å². The van der Waals surface area contributed by atoms with Gasteiger partial charge in [0.1, 0.15) is 0 Å². The summed E-state index contributed by atoms with van der Waals surface area (Å²) in [4.78, 5) is 27.8. The maximum absolute atomic E-state index is 12.8. The van der Waals surface area contributed by atoms with Crippen molar-refractivity contribution in [2.24, 2.45) is 0 Å². The highest BCUT2D eigenvalue weighted by Crippen LogP contribution is 2.37. The Morgan fingerprint density at radius 3 is 2.85 bits per heavy atom. The number of aryl methyl sites for hydroxylation is 1. The molecule has 2 aliphatic heterocycles. The Balaban J connectivity index is 1.30. The summed E-state index contributed by atoms with van der Waals surface area (Å²) in [7, 11) is 0. The Bertz CT molecular complexity index is 1280. The number of amides is 1. The fourth-order valence-electron chi connectivity index (χ4n) is 4.08. The van der Waals surface area contributed by atoms with Gasteiger partial charge in [0.05, 0.1) is 27.6 Å². The summed E-state index contributed by atoms with van der Waals surface area (Å²) in [5.41, 5.74) is 2.50. The SMILES string of the molecule is CCOc1cccn(-c2ccc(N3C[C@H](CNC(=O)c4ccc(Cl)s4)OC4OC43)cc2C)c1=O. The van der Waals surface area contributed by atoms with E-state index in [1.807, 2.05) is 32.0 Å². The Morgan fingerprint density at radius 2 is 2.12 bits per heavy atom. The van der Waals surface area contributed by atoms with E-state index in [0.29, 0.717) is 34.7 Å². The second-order valence-corrected chi connectivity index (χ2v) is 9.79. The number of fused-ring (bicyclic) bond motifs is 1. The molecule has 0 aliphatic carbocycles. The number of thiophene rings is 1. The van der Waals surface area contributed by atoms with Gasteiger partial charge in [-0.25, -0.2) is 0 Å². The number of rotatable bonds is 7. The van der Waals surface area contributed by atoms with Crippen molar-refractivity contribution in [3.63, 3.8) is 0 Å². The van der Waals surface area contributed by atoms with Crippen LogP contribution in [0.25, 0.3) is 5.69 Å². The van der Waals surface area contributed by atoms with Crippen molar-refractivity contribution >= 4 is 34.5 Å². The van der Waals surface area contributed by atoms with E-state index < -0.39 is 0 Å². The minimum Gasteiger partial charge on any atom is -0.488 e. The van der Waals surface area contributed by atoms with Crippen molar-refractivity contribution in [3.8, 4) is 11.4 Å². The number of carbonyl (C=O) groups is 1. The average molecular weight is 502 g/mol. The summed E-state index contributed by atoms with van der Waals surface area (Å²) in [6.07, 6.45) is 1.03. The predicted octanol–water partition coefficient (Wildman–Crippen LogP) is 3.58. The van der Waals surface area contributed by atoms with Gasteiger partial charge < -0.3 is 24.4 Å². The lowest BCUT2D eigenvalue weighted by molar-refractivity contribution is -0.0100. The number of epoxide rings is 1. The second kappa shape index (κ2) is 9.42. The highest BCUT2D eigenvalue weighted by molar-refractivity contribution is 7.18. The number of nitrogens with zero attached hydrogens (tertiary/aromatic N) is 2. The molecule has 2 unspecified atom stereocenters. The third-order valence-electron chi connectivity index (χ3n) is 5.73. The maximum atomic E-state index is 12.8. The van der Waals surface area contributed by atoms with Crippen molar-refractivity contribution in [1.82, 2.24) is 9.88 Å². The standard InChI is InChI=1S/C24H24ClN3O5S/c1-3-31-18-5-4-10-27(22(18)30)17-7-6-15(11-14(17)2)28-13-16(32-24-23(28)33-24)12-26-21(29)19-8-9-20(25)34-19/h4-11,16,23-24H,3,12-13H2,1-2H3,(H,26,29)/t16-,23?,24?/m0/s1. The van der Waals surface area contributed by atoms with E-state index >= 15 is 0 Å². The summed E-state index contributed by atoms with van der Waals surface area (Å²) in [6, 6.07) is 12.8. The van der Waals surface area contributed by atoms with Crippen LogP contribution in [-0.4, -0.2) is 48.8 Å². The van der Waals surface area contributed by atoms with Crippen LogP contribution in [0.5, 0.6) is 5.75 Å². The van der Waals surface area contributed by atoms with Crippen LogP contribution < -0.4 is 20.5 Å². The fourth-order valence-corrected chi connectivity index (χ4v) is 5.04. The zero-order valence-corrected chi connectivity index (χ0v) is 20.3. The molecule has 3 aromatic rings. The number of aromatic nitrogens is 1. The van der Waals surface area contributed by atoms with E-state index in [1.165, 1.54) is 11.3 Å². The van der Waals surface area contributed by atoms with E-state index in [-0.39, 0.29) is 30.1 Å². The van der Waals surface area contributed by atoms with Crippen LogP contribution in [0.15, 0.2) is 53.5 Å². The Labute approximate surface area is 205 Å². The quantitative estimate of drug-likeness (QED) is 0.498. The maximum Gasteiger partial charge on any atom is 0.297 e. The normalized spacial score (nSPS) is 21.1. The summed E-state index contributed by atoms with van der Waals surface area (Å²) in [5, 5.41) is 2.91. The molecule has 1 N–H and O–H groups in total. The van der Waals surface area contributed by atoms with Gasteiger partial charge in [-0.3, -0.25) is 14.2 Å². The summed E-state index contributed by atoms with van der Waals surface area (Å²) in [5.74, 6) is 0.149. The molecule has 1 aromatic carbocycles. The van der Waals surface area contributed by atoms with Gasteiger partial charge in [0.2, 0.25) is 6.29 Å². The Kier molecular flexibility index (Phi) is 6.35. The van der Waals surface area contributed by atoms with Gasteiger partial charge in [-0.2, -0.15) is 0 Å². The first-order chi connectivity index (χ1) is 16.4. The van der Waals surface area contributed by atoms with Crippen molar-refractivity contribution in [3.05, 3.63) is 73.8 Å². The van der Waals surface area contributed by atoms with Crippen LogP contribution in [0.4, 0.5) is 5.69 Å². The monoisotopic (exact) mass is 501 g/mol. The molecule has 0 spiro atoms. The highest BCUT2D eigenvalue weighted by atomic mass is 35.5. The molecule has 2 saturated heterocycles. The van der Waals surface area contributed by atoms with Crippen LogP contribution in [0.3, 0.4) is 0 Å². The lowest BCUT2D eigenvalue weighted by Crippen LogP contribution is -2.47. The number of anilines is 1. The summed E-state index contributed by atoms with van der Waals surface area (Å²) >= 11 is 7.16. The first-order valence-electron chi connectivity index (χ1n) is 11.0. The summed E-state index contributed by atoms with van der Waals surface area (Å²) < 4.78 is 19.2. The van der Waals surface area contributed by atoms with Crippen molar-refractivity contribution < 1.29 is 19.0 Å². The molecule has 5 rings (SSSR count). The number of ether oxygens (including phenoxy) is 3. The van der Waals surface area contributed by atoms with Crippen LogP contribution in [-0.2, 0) is 9.47 Å². The number of pyridine rings is 1. The number of hydrogen-bond acceptors (Lipinski definition) is 7. The van der Waals surface area contributed by atoms with Gasteiger partial charge in [-0.15, -0.1) is 11.3 Å². The zero-order chi connectivity index (χ0) is 23.8. The zero-order valence-electron chi connectivity index (χ0n) is 18.7. The lowest BCUT2D eigenvalue weighted by atomic mass is 10.1. The third kappa shape index (κ3) is 4.56. The van der Waals surface area contributed by atoms with Crippen LogP contribution in [0, 0.1) is 6.92 Å². The van der Waals surface area contributed by atoms with Gasteiger partial charge in [-0.1, -0.05) is 11.6 Å². The largest absolute Gasteiger partial charge is 0.488 e. The number of halogens is 1. The molecule has 1 amide bonds. The first kappa shape index (κ1) is 22.9. The molecule has 0 bridgehead atoms. The van der Waals surface area contributed by atoms with Crippen LogP contribution in [0.1, 0.15) is 22.2 Å². The molecule has 2 aliphatic rings. The topological polar surface area (TPSA) is 85.3 Å². The third-order valence-corrected chi connectivity index (χ3v) is 6.96. The number of morpholine rings is 1. The molecule has 10 heteroatoms.